The predicted octanol–water partition coefficient (Wildman–Crippen LogP) is 2.55. The molecule has 3 nitrogen and oxygen atoms in total. The average molecular weight is 254 g/mol. The lowest BCUT2D eigenvalue weighted by molar-refractivity contribution is -0.138. The van der Waals surface area contributed by atoms with Crippen LogP contribution in [0.2, 0.25) is 5.02 Å². The number of carbonyl (C=O) groups is 1. The zero-order chi connectivity index (χ0) is 12.7. The van der Waals surface area contributed by atoms with Gasteiger partial charge in [0.15, 0.2) is 0 Å². The number of hydrogen-bond donors (Lipinski definition) is 1. The molecule has 0 atom stereocenters. The van der Waals surface area contributed by atoms with Crippen LogP contribution in [0.3, 0.4) is 0 Å². The van der Waals surface area contributed by atoms with E-state index in [-0.39, 0.29) is 5.97 Å². The van der Waals surface area contributed by atoms with Gasteiger partial charge in [0.1, 0.15) is 0 Å². The van der Waals surface area contributed by atoms with Crippen molar-refractivity contribution in [3.05, 3.63) is 47.0 Å². The zero-order valence-electron chi connectivity index (χ0n) is 9.83. The number of esters is 1. The molecular formula is C13H16ClNO2. The van der Waals surface area contributed by atoms with Gasteiger partial charge in [0, 0.05) is 23.7 Å². The van der Waals surface area contributed by atoms with Gasteiger partial charge in [-0.3, -0.25) is 0 Å². The van der Waals surface area contributed by atoms with Gasteiger partial charge in [0.2, 0.25) is 0 Å². The molecule has 0 aliphatic carbocycles. The van der Waals surface area contributed by atoms with Crippen LogP contribution >= 0.6 is 11.6 Å². The molecule has 0 heterocycles. The van der Waals surface area contributed by atoms with Gasteiger partial charge in [0.25, 0.3) is 0 Å². The molecular weight excluding hydrogens is 238 g/mol. The molecule has 1 N–H and O–H groups in total. The Hall–Kier alpha value is -1.32. The SMILES string of the molecule is C=C(CNCc1ccccc1Cl)C(=O)OCC. The first-order valence-electron chi connectivity index (χ1n) is 5.44. The molecule has 0 radical (unpaired) electrons. The second kappa shape index (κ2) is 7.09. The molecule has 0 saturated heterocycles. The Balaban J connectivity index is 2.36. The predicted molar refractivity (Wildman–Crippen MR) is 68.9 cm³/mol. The monoisotopic (exact) mass is 253 g/mol. The topological polar surface area (TPSA) is 38.3 Å². The van der Waals surface area contributed by atoms with Crippen molar-refractivity contribution in [2.24, 2.45) is 0 Å². The fourth-order valence-corrected chi connectivity index (χ4v) is 1.50. The van der Waals surface area contributed by atoms with E-state index in [9.17, 15) is 4.79 Å². The Bertz CT molecular complexity index is 404. The molecule has 1 aromatic rings. The van der Waals surface area contributed by atoms with Crippen molar-refractivity contribution in [1.29, 1.82) is 0 Å². The Morgan fingerprint density at radius 3 is 2.82 bits per heavy atom. The number of rotatable bonds is 6. The van der Waals surface area contributed by atoms with Gasteiger partial charge < -0.3 is 10.1 Å². The van der Waals surface area contributed by atoms with E-state index < -0.39 is 0 Å². The number of hydrogen-bond acceptors (Lipinski definition) is 3. The largest absolute Gasteiger partial charge is 0.463 e. The highest BCUT2D eigenvalue weighted by Crippen LogP contribution is 2.14. The van der Waals surface area contributed by atoms with Crippen LogP contribution in [0.15, 0.2) is 36.4 Å². The van der Waals surface area contributed by atoms with Crippen LogP contribution in [0, 0.1) is 0 Å². The van der Waals surface area contributed by atoms with Crippen molar-refractivity contribution in [2.45, 2.75) is 13.5 Å². The van der Waals surface area contributed by atoms with E-state index in [0.29, 0.717) is 30.3 Å². The summed E-state index contributed by atoms with van der Waals surface area (Å²) in [7, 11) is 0. The highest BCUT2D eigenvalue weighted by molar-refractivity contribution is 6.31. The minimum Gasteiger partial charge on any atom is -0.463 e. The summed E-state index contributed by atoms with van der Waals surface area (Å²) in [5.41, 5.74) is 1.41. The van der Waals surface area contributed by atoms with Crippen molar-refractivity contribution in [1.82, 2.24) is 5.32 Å². The van der Waals surface area contributed by atoms with Crippen LogP contribution in [0.4, 0.5) is 0 Å². The molecule has 0 fully saturated rings. The van der Waals surface area contributed by atoms with Gasteiger partial charge in [-0.2, -0.15) is 0 Å². The third-order valence-corrected chi connectivity index (χ3v) is 2.54. The molecule has 0 saturated carbocycles. The summed E-state index contributed by atoms with van der Waals surface area (Å²) >= 11 is 6.00. The van der Waals surface area contributed by atoms with Gasteiger partial charge in [-0.15, -0.1) is 0 Å². The smallest absolute Gasteiger partial charge is 0.334 e. The molecule has 0 unspecified atom stereocenters. The Kier molecular flexibility index (Phi) is 5.73. The highest BCUT2D eigenvalue weighted by Gasteiger charge is 2.07. The third kappa shape index (κ3) is 4.59. The minimum atomic E-state index is -0.362. The van der Waals surface area contributed by atoms with Crippen molar-refractivity contribution in [2.75, 3.05) is 13.2 Å². The van der Waals surface area contributed by atoms with Crippen molar-refractivity contribution in [3.8, 4) is 0 Å². The summed E-state index contributed by atoms with van der Waals surface area (Å²) in [4.78, 5) is 11.3. The maximum atomic E-state index is 11.3. The molecule has 17 heavy (non-hydrogen) atoms. The van der Waals surface area contributed by atoms with Crippen LogP contribution in [0.5, 0.6) is 0 Å². The van der Waals surface area contributed by atoms with Crippen molar-refractivity contribution < 1.29 is 9.53 Å². The summed E-state index contributed by atoms with van der Waals surface area (Å²) in [5, 5.41) is 3.81. The normalized spacial score (nSPS) is 10.0. The molecule has 0 aliphatic rings. The quantitative estimate of drug-likeness (QED) is 0.626. The van der Waals surface area contributed by atoms with Crippen molar-refractivity contribution >= 4 is 17.6 Å². The lowest BCUT2D eigenvalue weighted by Crippen LogP contribution is -2.21. The average Bonchev–Trinajstić information content (AvgIpc) is 2.31. The van der Waals surface area contributed by atoms with Crippen LogP contribution in [0.1, 0.15) is 12.5 Å². The molecule has 0 amide bonds. The Labute approximate surface area is 106 Å². The van der Waals surface area contributed by atoms with E-state index in [2.05, 4.69) is 11.9 Å². The maximum Gasteiger partial charge on any atom is 0.334 e. The van der Waals surface area contributed by atoms with Gasteiger partial charge in [0.05, 0.1) is 6.61 Å². The molecule has 0 aromatic heterocycles. The number of nitrogens with one attached hydrogen (secondary N) is 1. The number of halogens is 1. The lowest BCUT2D eigenvalue weighted by atomic mass is 10.2. The minimum absolute atomic E-state index is 0.362. The molecule has 0 spiro atoms. The van der Waals surface area contributed by atoms with Gasteiger partial charge in [-0.1, -0.05) is 36.4 Å². The zero-order valence-corrected chi connectivity index (χ0v) is 10.6. The fourth-order valence-electron chi connectivity index (χ4n) is 1.30. The van der Waals surface area contributed by atoms with Crippen LogP contribution in [-0.2, 0) is 16.1 Å². The van der Waals surface area contributed by atoms with Crippen LogP contribution < -0.4 is 5.32 Å². The Morgan fingerprint density at radius 1 is 1.47 bits per heavy atom. The Morgan fingerprint density at radius 2 is 2.18 bits per heavy atom. The first-order valence-corrected chi connectivity index (χ1v) is 5.82. The molecule has 1 rings (SSSR count). The maximum absolute atomic E-state index is 11.3. The second-order valence-corrected chi connectivity index (χ2v) is 3.93. The number of ether oxygens (including phenoxy) is 1. The molecule has 0 bridgehead atoms. The van der Waals surface area contributed by atoms with E-state index in [1.165, 1.54) is 0 Å². The van der Waals surface area contributed by atoms with E-state index >= 15 is 0 Å². The molecule has 92 valence electrons. The standard InChI is InChI=1S/C13H16ClNO2/c1-3-17-13(16)10(2)8-15-9-11-6-4-5-7-12(11)14/h4-7,15H,2-3,8-9H2,1H3. The first-order chi connectivity index (χ1) is 8.15. The summed E-state index contributed by atoms with van der Waals surface area (Å²) in [6.07, 6.45) is 0. The lowest BCUT2D eigenvalue weighted by Gasteiger charge is -2.08. The van der Waals surface area contributed by atoms with Gasteiger partial charge in [-0.05, 0) is 18.6 Å². The molecule has 0 aliphatic heterocycles. The summed E-state index contributed by atoms with van der Waals surface area (Å²) in [5.74, 6) is -0.362. The van der Waals surface area contributed by atoms with E-state index in [1.54, 1.807) is 6.92 Å². The summed E-state index contributed by atoms with van der Waals surface area (Å²) in [6.45, 7) is 6.77. The fraction of sp³-hybridized carbons (Fsp3) is 0.308. The molecule has 1 aromatic carbocycles. The van der Waals surface area contributed by atoms with Gasteiger partial charge in [-0.25, -0.2) is 4.79 Å². The van der Waals surface area contributed by atoms with Crippen LogP contribution in [-0.4, -0.2) is 19.1 Å². The van der Waals surface area contributed by atoms with Gasteiger partial charge >= 0.3 is 5.97 Å². The highest BCUT2D eigenvalue weighted by atomic mass is 35.5. The molecule has 4 heteroatoms. The third-order valence-electron chi connectivity index (χ3n) is 2.18. The van der Waals surface area contributed by atoms with E-state index in [4.69, 9.17) is 16.3 Å². The number of benzene rings is 1. The van der Waals surface area contributed by atoms with Crippen LogP contribution in [0.25, 0.3) is 0 Å². The summed E-state index contributed by atoms with van der Waals surface area (Å²) < 4.78 is 4.83. The van der Waals surface area contributed by atoms with E-state index in [1.807, 2.05) is 24.3 Å². The summed E-state index contributed by atoms with van der Waals surface area (Å²) in [6, 6.07) is 7.56. The second-order valence-electron chi connectivity index (χ2n) is 3.52. The number of carbonyl (C=O) groups excluding carboxylic acids is 1. The first kappa shape index (κ1) is 13.7. The van der Waals surface area contributed by atoms with E-state index in [0.717, 1.165) is 5.56 Å². The van der Waals surface area contributed by atoms with Crippen molar-refractivity contribution in [3.63, 3.8) is 0 Å².